The number of hydrogen-bond donors (Lipinski definition) is 2. The molecular formula is C17H22N4O3S. The lowest BCUT2D eigenvalue weighted by atomic mass is 10.1. The van der Waals surface area contributed by atoms with Gasteiger partial charge in [0.25, 0.3) is 5.22 Å². The molecule has 7 nitrogen and oxygen atoms in total. The highest BCUT2D eigenvalue weighted by Gasteiger charge is 2.13. The van der Waals surface area contributed by atoms with Gasteiger partial charge in [-0.25, -0.2) is 4.79 Å². The third-order valence-electron chi connectivity index (χ3n) is 3.56. The van der Waals surface area contributed by atoms with Crippen LogP contribution in [0.2, 0.25) is 0 Å². The van der Waals surface area contributed by atoms with E-state index in [0.29, 0.717) is 12.4 Å². The fraction of sp³-hybridized carbons (Fsp3) is 0.412. The summed E-state index contributed by atoms with van der Waals surface area (Å²) in [4.78, 5) is 23.2. The van der Waals surface area contributed by atoms with Crippen LogP contribution in [0.3, 0.4) is 0 Å². The van der Waals surface area contributed by atoms with E-state index in [2.05, 4.69) is 20.8 Å². The van der Waals surface area contributed by atoms with Crippen molar-refractivity contribution in [3.05, 3.63) is 29.3 Å². The summed E-state index contributed by atoms with van der Waals surface area (Å²) in [6.07, 6.45) is 1.85. The number of hydrogen-bond acceptors (Lipinski definition) is 6. The van der Waals surface area contributed by atoms with Crippen LogP contribution >= 0.6 is 11.8 Å². The lowest BCUT2D eigenvalue weighted by Gasteiger charge is -2.04. The second-order valence-corrected chi connectivity index (χ2v) is 6.55. The van der Waals surface area contributed by atoms with Gasteiger partial charge in [0.05, 0.1) is 5.75 Å². The van der Waals surface area contributed by atoms with Crippen molar-refractivity contribution in [2.45, 2.75) is 38.8 Å². The van der Waals surface area contributed by atoms with Crippen molar-refractivity contribution in [3.63, 3.8) is 0 Å². The van der Waals surface area contributed by atoms with Crippen molar-refractivity contribution in [1.29, 1.82) is 0 Å². The van der Waals surface area contributed by atoms with Crippen molar-refractivity contribution in [3.8, 4) is 11.5 Å². The predicted molar refractivity (Wildman–Crippen MR) is 96.4 cm³/mol. The van der Waals surface area contributed by atoms with E-state index in [-0.39, 0.29) is 11.0 Å². The first-order valence-corrected chi connectivity index (χ1v) is 9.09. The van der Waals surface area contributed by atoms with Gasteiger partial charge >= 0.3 is 6.03 Å². The molecule has 0 unspecified atom stereocenters. The zero-order chi connectivity index (χ0) is 18.2. The van der Waals surface area contributed by atoms with Crippen LogP contribution in [0.1, 0.15) is 30.9 Å². The van der Waals surface area contributed by atoms with Crippen molar-refractivity contribution < 1.29 is 14.0 Å². The number of urea groups is 1. The monoisotopic (exact) mass is 362 g/mol. The largest absolute Gasteiger partial charge is 0.411 e. The van der Waals surface area contributed by atoms with E-state index in [4.69, 9.17) is 4.42 Å². The number of imide groups is 1. The third kappa shape index (κ3) is 5.90. The molecule has 0 aliphatic carbocycles. The maximum atomic E-state index is 11.7. The van der Waals surface area contributed by atoms with E-state index in [0.717, 1.165) is 35.7 Å². The minimum atomic E-state index is -0.486. The van der Waals surface area contributed by atoms with Crippen LogP contribution in [0.15, 0.2) is 27.8 Å². The van der Waals surface area contributed by atoms with Crippen LogP contribution in [0.4, 0.5) is 4.79 Å². The number of carbonyl (C=O) groups excluding carboxylic acids is 2. The second kappa shape index (κ2) is 9.22. The predicted octanol–water partition coefficient (Wildman–Crippen LogP) is 3.07. The zero-order valence-corrected chi connectivity index (χ0v) is 15.4. The Balaban J connectivity index is 1.83. The average Bonchev–Trinajstić information content (AvgIpc) is 3.05. The summed E-state index contributed by atoms with van der Waals surface area (Å²) in [6.45, 7) is 6.62. The normalized spacial score (nSPS) is 10.5. The number of aryl methyl sites for hydroxylation is 2. The van der Waals surface area contributed by atoms with Crippen LogP contribution in [0, 0.1) is 13.8 Å². The fourth-order valence-electron chi connectivity index (χ4n) is 1.97. The van der Waals surface area contributed by atoms with Gasteiger partial charge in [0.1, 0.15) is 0 Å². The molecule has 0 spiro atoms. The molecule has 2 N–H and O–H groups in total. The maximum Gasteiger partial charge on any atom is 0.321 e. The highest BCUT2D eigenvalue weighted by atomic mass is 32.2. The fourth-order valence-corrected chi connectivity index (χ4v) is 2.54. The zero-order valence-electron chi connectivity index (χ0n) is 14.6. The number of benzene rings is 1. The number of rotatable bonds is 7. The molecule has 8 heteroatoms. The molecule has 3 amide bonds. The molecular weight excluding hydrogens is 340 g/mol. The summed E-state index contributed by atoms with van der Waals surface area (Å²) < 4.78 is 5.56. The molecule has 0 saturated carbocycles. The highest BCUT2D eigenvalue weighted by Crippen LogP contribution is 2.24. The molecule has 2 rings (SSSR count). The Morgan fingerprint density at radius 2 is 2.00 bits per heavy atom. The molecule has 0 aliphatic rings. The van der Waals surface area contributed by atoms with Gasteiger partial charge in [-0.05, 0) is 43.5 Å². The molecule has 0 atom stereocenters. The van der Waals surface area contributed by atoms with Gasteiger partial charge in [0.2, 0.25) is 11.8 Å². The number of nitrogens with one attached hydrogen (secondary N) is 2. The van der Waals surface area contributed by atoms with E-state index in [1.54, 1.807) is 0 Å². The van der Waals surface area contributed by atoms with Gasteiger partial charge in [-0.2, -0.15) is 0 Å². The van der Waals surface area contributed by atoms with Crippen LogP contribution in [-0.4, -0.2) is 34.4 Å². The van der Waals surface area contributed by atoms with E-state index in [1.165, 1.54) is 5.56 Å². The molecule has 25 heavy (non-hydrogen) atoms. The Hall–Kier alpha value is -2.35. The minimum absolute atomic E-state index is 0.0236. The van der Waals surface area contributed by atoms with E-state index >= 15 is 0 Å². The first-order chi connectivity index (χ1) is 12.0. The van der Waals surface area contributed by atoms with E-state index in [1.807, 2.05) is 39.0 Å². The summed E-state index contributed by atoms with van der Waals surface area (Å²) >= 11 is 1.09. The number of aromatic nitrogens is 2. The Morgan fingerprint density at radius 3 is 2.72 bits per heavy atom. The van der Waals surface area contributed by atoms with Gasteiger partial charge in [-0.1, -0.05) is 31.2 Å². The van der Waals surface area contributed by atoms with Crippen LogP contribution in [-0.2, 0) is 4.79 Å². The van der Waals surface area contributed by atoms with Crippen molar-refractivity contribution >= 4 is 23.7 Å². The molecule has 0 bridgehead atoms. The van der Waals surface area contributed by atoms with Crippen LogP contribution in [0.25, 0.3) is 11.5 Å². The van der Waals surface area contributed by atoms with Crippen molar-refractivity contribution in [2.75, 3.05) is 12.3 Å². The molecule has 0 aliphatic heterocycles. The highest BCUT2D eigenvalue weighted by molar-refractivity contribution is 7.99. The number of unbranched alkanes of at least 4 members (excludes halogenated alkanes) is 1. The SMILES string of the molecule is CCCCNC(=O)NC(=O)CSc1nnc(-c2ccc(C)c(C)c2)o1. The number of thioether (sulfide) groups is 1. The summed E-state index contributed by atoms with van der Waals surface area (Å²) in [7, 11) is 0. The van der Waals surface area contributed by atoms with Crippen molar-refractivity contribution in [2.24, 2.45) is 0 Å². The lowest BCUT2D eigenvalue weighted by molar-refractivity contribution is -0.117. The molecule has 0 radical (unpaired) electrons. The van der Waals surface area contributed by atoms with Crippen molar-refractivity contribution in [1.82, 2.24) is 20.8 Å². The lowest BCUT2D eigenvalue weighted by Crippen LogP contribution is -2.40. The molecule has 0 fully saturated rings. The first-order valence-electron chi connectivity index (χ1n) is 8.11. The smallest absolute Gasteiger partial charge is 0.321 e. The Labute approximate surface area is 151 Å². The van der Waals surface area contributed by atoms with Gasteiger partial charge in [0.15, 0.2) is 0 Å². The average molecular weight is 362 g/mol. The Bertz CT molecular complexity index is 745. The topological polar surface area (TPSA) is 97.1 Å². The Morgan fingerprint density at radius 1 is 1.20 bits per heavy atom. The van der Waals surface area contributed by atoms with Crippen LogP contribution < -0.4 is 10.6 Å². The number of amides is 3. The molecule has 1 aromatic carbocycles. The maximum absolute atomic E-state index is 11.7. The van der Waals surface area contributed by atoms with E-state index in [9.17, 15) is 9.59 Å². The van der Waals surface area contributed by atoms with Gasteiger partial charge in [-0.3, -0.25) is 10.1 Å². The number of carbonyl (C=O) groups is 2. The standard InChI is InChI=1S/C17H22N4O3S/c1-4-5-8-18-16(23)19-14(22)10-25-17-21-20-15(24-17)13-7-6-11(2)12(3)9-13/h6-7,9H,4-5,8,10H2,1-3H3,(H2,18,19,22,23). The number of nitrogens with zero attached hydrogens (tertiary/aromatic N) is 2. The summed E-state index contributed by atoms with van der Waals surface area (Å²) in [5.74, 6) is 0.0173. The van der Waals surface area contributed by atoms with Gasteiger partial charge < -0.3 is 9.73 Å². The molecule has 1 aromatic heterocycles. The molecule has 2 aromatic rings. The summed E-state index contributed by atoms with van der Waals surface area (Å²) in [6, 6.07) is 5.40. The van der Waals surface area contributed by atoms with Gasteiger partial charge in [-0.15, -0.1) is 10.2 Å². The second-order valence-electron chi connectivity index (χ2n) is 5.62. The molecule has 134 valence electrons. The third-order valence-corrected chi connectivity index (χ3v) is 4.37. The minimum Gasteiger partial charge on any atom is -0.411 e. The Kier molecular flexibility index (Phi) is 7.00. The van der Waals surface area contributed by atoms with E-state index < -0.39 is 11.9 Å². The summed E-state index contributed by atoms with van der Waals surface area (Å²) in [5.41, 5.74) is 3.16. The van der Waals surface area contributed by atoms with Crippen LogP contribution in [0.5, 0.6) is 0 Å². The first kappa shape index (κ1) is 19.0. The molecule has 0 saturated heterocycles. The quantitative estimate of drug-likeness (QED) is 0.580. The van der Waals surface area contributed by atoms with Gasteiger partial charge in [0, 0.05) is 12.1 Å². The summed E-state index contributed by atoms with van der Waals surface area (Å²) in [5, 5.41) is 13.1. The molecule has 1 heterocycles.